The van der Waals surface area contributed by atoms with Crippen molar-refractivity contribution in [3.05, 3.63) is 52.8 Å². The number of benzene rings is 2. The van der Waals surface area contributed by atoms with Gasteiger partial charge >= 0.3 is 0 Å². The zero-order chi connectivity index (χ0) is 20.8. The molecule has 3 rings (SSSR count). The molecule has 0 radical (unpaired) electrons. The second kappa shape index (κ2) is 9.71. The Labute approximate surface area is 175 Å². The molecule has 2 aromatic carbocycles. The Morgan fingerprint density at radius 2 is 1.86 bits per heavy atom. The van der Waals surface area contributed by atoms with Crippen LogP contribution in [0.15, 0.2) is 47.5 Å². The fourth-order valence-corrected chi connectivity index (χ4v) is 4.05. The summed E-state index contributed by atoms with van der Waals surface area (Å²) in [5.41, 5.74) is 2.63. The molecule has 0 saturated heterocycles. The van der Waals surface area contributed by atoms with E-state index in [0.29, 0.717) is 36.7 Å². The van der Waals surface area contributed by atoms with Crippen LogP contribution in [0.25, 0.3) is 10.2 Å². The topological polar surface area (TPSA) is 56.1 Å². The zero-order valence-corrected chi connectivity index (χ0v) is 18.2. The molecule has 0 fully saturated rings. The number of ether oxygens (including phenoxy) is 2. The summed E-state index contributed by atoms with van der Waals surface area (Å²) in [7, 11) is 3.94. The van der Waals surface area contributed by atoms with E-state index in [-0.39, 0.29) is 5.91 Å². The van der Waals surface area contributed by atoms with Crippen LogP contribution in [0.4, 0.5) is 5.69 Å². The van der Waals surface area contributed by atoms with Crippen molar-refractivity contribution >= 4 is 33.1 Å². The van der Waals surface area contributed by atoms with Gasteiger partial charge in [-0.3, -0.25) is 4.79 Å². The number of amides is 1. The minimum Gasteiger partial charge on any atom is -0.494 e. The SMILES string of the molecule is CCOCCn1c(=NC(=O)c2ccc(N(C)C)cc2)sc2cc(OCC)ccc21. The van der Waals surface area contributed by atoms with E-state index >= 15 is 0 Å². The summed E-state index contributed by atoms with van der Waals surface area (Å²) < 4.78 is 14.2. The van der Waals surface area contributed by atoms with Crippen LogP contribution in [0.3, 0.4) is 0 Å². The third kappa shape index (κ3) is 5.05. The number of anilines is 1. The van der Waals surface area contributed by atoms with Crippen molar-refractivity contribution in [3.63, 3.8) is 0 Å². The molecule has 0 aliphatic carbocycles. The van der Waals surface area contributed by atoms with E-state index < -0.39 is 0 Å². The molecule has 0 N–H and O–H groups in total. The van der Waals surface area contributed by atoms with E-state index in [2.05, 4.69) is 4.99 Å². The largest absolute Gasteiger partial charge is 0.494 e. The molecule has 29 heavy (non-hydrogen) atoms. The standard InChI is InChI=1S/C22H27N3O3S/c1-5-27-14-13-25-19-12-11-18(28-6-2)15-20(19)29-22(25)23-21(26)16-7-9-17(10-8-16)24(3)4/h7-12,15H,5-6,13-14H2,1-4H3. The van der Waals surface area contributed by atoms with Crippen LogP contribution in [-0.2, 0) is 11.3 Å². The molecule has 0 aliphatic rings. The summed E-state index contributed by atoms with van der Waals surface area (Å²) in [4.78, 5) is 19.9. The zero-order valence-electron chi connectivity index (χ0n) is 17.3. The molecule has 3 aromatic rings. The summed E-state index contributed by atoms with van der Waals surface area (Å²) in [6, 6.07) is 13.4. The molecule has 6 nitrogen and oxygen atoms in total. The molecule has 1 heterocycles. The summed E-state index contributed by atoms with van der Waals surface area (Å²) >= 11 is 1.48. The van der Waals surface area contributed by atoms with Gasteiger partial charge in [-0.1, -0.05) is 11.3 Å². The molecular weight excluding hydrogens is 386 g/mol. The molecule has 0 unspecified atom stereocenters. The van der Waals surface area contributed by atoms with Crippen LogP contribution in [0.2, 0.25) is 0 Å². The average Bonchev–Trinajstić information content (AvgIpc) is 3.05. The molecule has 0 aliphatic heterocycles. The van der Waals surface area contributed by atoms with Gasteiger partial charge in [0.25, 0.3) is 5.91 Å². The second-order valence-corrected chi connectivity index (χ2v) is 7.66. The molecule has 0 atom stereocenters. The lowest BCUT2D eigenvalue weighted by molar-refractivity contribution is 0.0996. The second-order valence-electron chi connectivity index (χ2n) is 6.65. The van der Waals surface area contributed by atoms with E-state index in [1.807, 2.05) is 79.9 Å². The van der Waals surface area contributed by atoms with Crippen molar-refractivity contribution < 1.29 is 14.3 Å². The van der Waals surface area contributed by atoms with Crippen LogP contribution in [0.5, 0.6) is 5.75 Å². The van der Waals surface area contributed by atoms with E-state index in [9.17, 15) is 4.79 Å². The van der Waals surface area contributed by atoms with Gasteiger partial charge in [0.05, 0.1) is 23.4 Å². The van der Waals surface area contributed by atoms with E-state index in [1.54, 1.807) is 0 Å². The van der Waals surface area contributed by atoms with Crippen molar-refractivity contribution in [2.45, 2.75) is 20.4 Å². The third-order valence-corrected chi connectivity index (χ3v) is 5.50. The number of aromatic nitrogens is 1. The minimum absolute atomic E-state index is 0.253. The van der Waals surface area contributed by atoms with Gasteiger partial charge in [0.2, 0.25) is 0 Å². The Balaban J connectivity index is 2.00. The highest BCUT2D eigenvalue weighted by Gasteiger charge is 2.11. The number of rotatable bonds is 8. The Hall–Kier alpha value is -2.64. The van der Waals surface area contributed by atoms with Gasteiger partial charge in [-0.05, 0) is 56.3 Å². The van der Waals surface area contributed by atoms with Gasteiger partial charge in [-0.25, -0.2) is 0 Å². The van der Waals surface area contributed by atoms with Gasteiger partial charge in [0.1, 0.15) is 5.75 Å². The fraction of sp³-hybridized carbons (Fsp3) is 0.364. The lowest BCUT2D eigenvalue weighted by Gasteiger charge is -2.11. The maximum Gasteiger partial charge on any atom is 0.279 e. The first kappa shape index (κ1) is 21.1. The number of fused-ring (bicyclic) bond motifs is 1. The van der Waals surface area contributed by atoms with Crippen LogP contribution >= 0.6 is 11.3 Å². The molecule has 0 bridgehead atoms. The lowest BCUT2D eigenvalue weighted by Crippen LogP contribution is -2.19. The van der Waals surface area contributed by atoms with Crippen molar-refractivity contribution in [2.75, 3.05) is 38.8 Å². The minimum atomic E-state index is -0.253. The predicted octanol–water partition coefficient (Wildman–Crippen LogP) is 3.95. The number of carbonyl (C=O) groups excluding carboxylic acids is 1. The molecule has 1 amide bonds. The smallest absolute Gasteiger partial charge is 0.279 e. The van der Waals surface area contributed by atoms with Gasteiger partial charge in [0.15, 0.2) is 4.80 Å². The maximum absolute atomic E-state index is 12.8. The number of hydrogen-bond donors (Lipinski definition) is 0. The number of thiazole rings is 1. The van der Waals surface area contributed by atoms with Gasteiger partial charge in [0, 0.05) is 38.5 Å². The number of carbonyl (C=O) groups is 1. The van der Waals surface area contributed by atoms with Crippen LogP contribution in [0.1, 0.15) is 24.2 Å². The summed E-state index contributed by atoms with van der Waals surface area (Å²) in [6.07, 6.45) is 0. The first-order valence-corrected chi connectivity index (χ1v) is 10.6. The Bertz CT molecular complexity index is 1040. The van der Waals surface area contributed by atoms with Crippen LogP contribution < -0.4 is 14.4 Å². The highest BCUT2D eigenvalue weighted by Crippen LogP contribution is 2.23. The first-order valence-electron chi connectivity index (χ1n) is 9.73. The van der Waals surface area contributed by atoms with Gasteiger partial charge < -0.3 is 18.9 Å². The van der Waals surface area contributed by atoms with Crippen LogP contribution in [0, 0.1) is 0 Å². The van der Waals surface area contributed by atoms with Crippen molar-refractivity contribution in [1.29, 1.82) is 0 Å². The number of nitrogens with zero attached hydrogens (tertiary/aromatic N) is 3. The lowest BCUT2D eigenvalue weighted by atomic mass is 10.2. The Morgan fingerprint density at radius 1 is 1.10 bits per heavy atom. The maximum atomic E-state index is 12.8. The van der Waals surface area contributed by atoms with Crippen molar-refractivity contribution in [2.24, 2.45) is 4.99 Å². The van der Waals surface area contributed by atoms with E-state index in [0.717, 1.165) is 21.7 Å². The van der Waals surface area contributed by atoms with E-state index in [1.165, 1.54) is 11.3 Å². The highest BCUT2D eigenvalue weighted by atomic mass is 32.1. The van der Waals surface area contributed by atoms with Gasteiger partial charge in [-0.15, -0.1) is 0 Å². The quantitative estimate of drug-likeness (QED) is 0.525. The van der Waals surface area contributed by atoms with Crippen molar-refractivity contribution in [1.82, 2.24) is 4.57 Å². The summed E-state index contributed by atoms with van der Waals surface area (Å²) in [5, 5.41) is 0. The normalized spacial score (nSPS) is 11.8. The molecule has 0 saturated carbocycles. The summed E-state index contributed by atoms with van der Waals surface area (Å²) in [6.45, 7) is 6.39. The van der Waals surface area contributed by atoms with Crippen LogP contribution in [-0.4, -0.2) is 44.4 Å². The Morgan fingerprint density at radius 3 is 2.52 bits per heavy atom. The monoisotopic (exact) mass is 413 g/mol. The predicted molar refractivity (Wildman–Crippen MR) is 118 cm³/mol. The average molecular weight is 414 g/mol. The first-order chi connectivity index (χ1) is 14.0. The summed E-state index contributed by atoms with van der Waals surface area (Å²) in [5.74, 6) is 0.562. The highest BCUT2D eigenvalue weighted by molar-refractivity contribution is 7.16. The van der Waals surface area contributed by atoms with Gasteiger partial charge in [-0.2, -0.15) is 4.99 Å². The fourth-order valence-electron chi connectivity index (χ4n) is 2.97. The number of hydrogen-bond acceptors (Lipinski definition) is 5. The molecule has 7 heteroatoms. The molecule has 0 spiro atoms. The third-order valence-electron chi connectivity index (χ3n) is 4.46. The molecule has 154 valence electrons. The van der Waals surface area contributed by atoms with Crippen molar-refractivity contribution in [3.8, 4) is 5.75 Å². The molecular formula is C22H27N3O3S. The molecule has 1 aromatic heterocycles. The Kier molecular flexibility index (Phi) is 7.06. The van der Waals surface area contributed by atoms with E-state index in [4.69, 9.17) is 9.47 Å².